The van der Waals surface area contributed by atoms with E-state index in [2.05, 4.69) is 10.1 Å². The number of hydrogen-bond acceptors (Lipinski definition) is 3. The topological polar surface area (TPSA) is 67.8 Å². The maximum absolute atomic E-state index is 11.4. The van der Waals surface area contributed by atoms with Crippen LogP contribution < -0.4 is 11.1 Å². The van der Waals surface area contributed by atoms with E-state index >= 15 is 0 Å². The molecule has 1 N–H and O–H groups in total. The number of aromatic amines is 1. The van der Waals surface area contributed by atoms with Gasteiger partial charge in [0.1, 0.15) is 0 Å². The van der Waals surface area contributed by atoms with E-state index < -0.39 is 0 Å². The predicted molar refractivity (Wildman–Crippen MR) is 47.6 cm³/mol. The third-order valence-corrected chi connectivity index (χ3v) is 1.87. The van der Waals surface area contributed by atoms with Gasteiger partial charge in [-0.15, -0.1) is 0 Å². The van der Waals surface area contributed by atoms with Crippen molar-refractivity contribution >= 4 is 10.8 Å². The highest BCUT2D eigenvalue weighted by atomic mass is 16.1. The van der Waals surface area contributed by atoms with E-state index in [0.29, 0.717) is 10.8 Å². The Morgan fingerprint density at radius 1 is 1.38 bits per heavy atom. The molecule has 0 fully saturated rings. The molecule has 0 saturated carbocycles. The average Bonchev–Trinajstić information content (AvgIpc) is 2.15. The summed E-state index contributed by atoms with van der Waals surface area (Å²) in [4.78, 5) is 26.5. The van der Waals surface area contributed by atoms with Gasteiger partial charge in [-0.2, -0.15) is 0 Å². The molecule has 0 bridgehead atoms. The van der Waals surface area contributed by atoms with Crippen LogP contribution >= 0.6 is 0 Å². The number of pyridine rings is 1. The van der Waals surface area contributed by atoms with Gasteiger partial charge in [-0.3, -0.25) is 24.4 Å². The van der Waals surface area contributed by atoms with Crippen LogP contribution in [0, 0.1) is 0 Å². The van der Waals surface area contributed by atoms with Gasteiger partial charge in [0.25, 0.3) is 11.1 Å². The van der Waals surface area contributed by atoms with E-state index in [4.69, 9.17) is 0 Å². The molecule has 2 aromatic rings. The number of fused-ring (bicyclic) bond motifs is 1. The van der Waals surface area contributed by atoms with Crippen LogP contribution in [0.5, 0.6) is 0 Å². The van der Waals surface area contributed by atoms with E-state index in [-0.39, 0.29) is 11.1 Å². The Kier molecular flexibility index (Phi) is 1.51. The molecule has 2 aromatic heterocycles. The standard InChI is InChI=1S/C8H7N3O2/c1-11-8(13)6-4-9-3-2-5(6)7(12)10-11/h2-4H,1H3,(H,10,12). The number of aryl methyl sites for hydroxylation is 1. The zero-order valence-electron chi connectivity index (χ0n) is 6.94. The Labute approximate surface area is 72.6 Å². The van der Waals surface area contributed by atoms with Gasteiger partial charge < -0.3 is 0 Å². The molecular weight excluding hydrogens is 170 g/mol. The molecule has 0 aromatic carbocycles. The van der Waals surface area contributed by atoms with Gasteiger partial charge in [0.05, 0.1) is 10.8 Å². The summed E-state index contributed by atoms with van der Waals surface area (Å²) in [6, 6.07) is 1.52. The van der Waals surface area contributed by atoms with Crippen LogP contribution in [0.15, 0.2) is 28.0 Å². The minimum absolute atomic E-state index is 0.247. The third kappa shape index (κ3) is 1.05. The number of aromatic nitrogens is 3. The van der Waals surface area contributed by atoms with Crippen LogP contribution in [-0.2, 0) is 7.05 Å². The summed E-state index contributed by atoms with van der Waals surface area (Å²) >= 11 is 0. The smallest absolute Gasteiger partial charge is 0.267 e. The molecule has 0 spiro atoms. The lowest BCUT2D eigenvalue weighted by atomic mass is 10.2. The lowest BCUT2D eigenvalue weighted by molar-refractivity contribution is 0.704. The molecular formula is C8H7N3O2. The number of H-pyrrole nitrogens is 1. The zero-order chi connectivity index (χ0) is 9.42. The molecule has 13 heavy (non-hydrogen) atoms. The van der Waals surface area contributed by atoms with Gasteiger partial charge in [-0.1, -0.05) is 0 Å². The molecule has 0 aliphatic rings. The van der Waals surface area contributed by atoms with E-state index in [1.54, 1.807) is 0 Å². The van der Waals surface area contributed by atoms with Crippen molar-refractivity contribution in [1.29, 1.82) is 0 Å². The van der Waals surface area contributed by atoms with E-state index in [1.165, 1.54) is 25.5 Å². The van der Waals surface area contributed by atoms with Crippen LogP contribution in [0.1, 0.15) is 0 Å². The Bertz CT molecular complexity index is 567. The summed E-state index contributed by atoms with van der Waals surface area (Å²) in [5.41, 5.74) is -0.526. The van der Waals surface area contributed by atoms with Crippen molar-refractivity contribution < 1.29 is 0 Å². The maximum Gasteiger partial charge on any atom is 0.274 e. The van der Waals surface area contributed by atoms with Crippen molar-refractivity contribution in [1.82, 2.24) is 14.8 Å². The highest BCUT2D eigenvalue weighted by Gasteiger charge is 2.03. The highest BCUT2D eigenvalue weighted by Crippen LogP contribution is 1.98. The largest absolute Gasteiger partial charge is 0.274 e. The summed E-state index contributed by atoms with van der Waals surface area (Å²) in [6.45, 7) is 0. The molecule has 0 saturated heterocycles. The van der Waals surface area contributed by atoms with Gasteiger partial charge in [-0.05, 0) is 6.07 Å². The van der Waals surface area contributed by atoms with Crippen molar-refractivity contribution in [2.75, 3.05) is 0 Å². The lowest BCUT2D eigenvalue weighted by Gasteiger charge is -1.98. The van der Waals surface area contributed by atoms with Crippen LogP contribution in [0.4, 0.5) is 0 Å². The Morgan fingerprint density at radius 2 is 2.15 bits per heavy atom. The SMILES string of the molecule is Cn1[nH]c(=O)c2ccncc2c1=O. The Balaban J connectivity index is 3.15. The molecule has 0 aliphatic carbocycles. The Hall–Kier alpha value is -1.91. The third-order valence-electron chi connectivity index (χ3n) is 1.87. The first-order chi connectivity index (χ1) is 6.20. The highest BCUT2D eigenvalue weighted by molar-refractivity contribution is 5.78. The maximum atomic E-state index is 11.4. The first-order valence-electron chi connectivity index (χ1n) is 3.73. The molecule has 2 rings (SSSR count). The Morgan fingerprint density at radius 3 is 2.92 bits per heavy atom. The van der Waals surface area contributed by atoms with Crippen molar-refractivity contribution in [3.63, 3.8) is 0 Å². The molecule has 0 radical (unpaired) electrons. The normalized spacial score (nSPS) is 10.5. The monoisotopic (exact) mass is 177 g/mol. The van der Waals surface area contributed by atoms with Gasteiger partial charge in [-0.25, -0.2) is 0 Å². The fraction of sp³-hybridized carbons (Fsp3) is 0.125. The minimum atomic E-state index is -0.278. The van der Waals surface area contributed by atoms with E-state index in [9.17, 15) is 9.59 Å². The summed E-state index contributed by atoms with van der Waals surface area (Å²) in [5, 5.41) is 3.12. The average molecular weight is 177 g/mol. The van der Waals surface area contributed by atoms with Crippen LogP contribution in [0.25, 0.3) is 10.8 Å². The fourth-order valence-electron chi connectivity index (χ4n) is 1.21. The number of nitrogens with zero attached hydrogens (tertiary/aromatic N) is 2. The first-order valence-corrected chi connectivity index (χ1v) is 3.73. The van der Waals surface area contributed by atoms with E-state index in [0.717, 1.165) is 4.68 Å². The summed E-state index contributed by atoms with van der Waals surface area (Å²) < 4.78 is 1.15. The molecule has 0 atom stereocenters. The lowest BCUT2D eigenvalue weighted by Crippen LogP contribution is -2.27. The molecule has 0 aliphatic heterocycles. The molecule has 0 unspecified atom stereocenters. The molecule has 5 nitrogen and oxygen atoms in total. The number of nitrogens with one attached hydrogen (secondary N) is 1. The minimum Gasteiger partial charge on any atom is -0.267 e. The molecule has 0 amide bonds. The van der Waals surface area contributed by atoms with Crippen molar-refractivity contribution in [2.24, 2.45) is 7.05 Å². The molecule has 5 heteroatoms. The fourth-order valence-corrected chi connectivity index (χ4v) is 1.21. The van der Waals surface area contributed by atoms with Gasteiger partial charge in [0.2, 0.25) is 0 Å². The second-order valence-electron chi connectivity index (χ2n) is 2.73. The summed E-state index contributed by atoms with van der Waals surface area (Å²) in [6.07, 6.45) is 2.88. The number of rotatable bonds is 0. The van der Waals surface area contributed by atoms with Crippen molar-refractivity contribution in [3.8, 4) is 0 Å². The number of hydrogen-bond donors (Lipinski definition) is 1. The first kappa shape index (κ1) is 7.72. The predicted octanol–water partition coefficient (Wildman–Crippen LogP) is -0.378. The van der Waals surface area contributed by atoms with Crippen molar-refractivity contribution in [3.05, 3.63) is 39.2 Å². The van der Waals surface area contributed by atoms with E-state index in [1.807, 2.05) is 0 Å². The van der Waals surface area contributed by atoms with Crippen LogP contribution in [0.2, 0.25) is 0 Å². The van der Waals surface area contributed by atoms with Crippen LogP contribution in [-0.4, -0.2) is 14.8 Å². The van der Waals surface area contributed by atoms with Crippen molar-refractivity contribution in [2.45, 2.75) is 0 Å². The van der Waals surface area contributed by atoms with Gasteiger partial charge in [0, 0.05) is 19.4 Å². The quantitative estimate of drug-likeness (QED) is 0.596. The molecule has 66 valence electrons. The zero-order valence-corrected chi connectivity index (χ0v) is 6.94. The van der Waals surface area contributed by atoms with Gasteiger partial charge in [0.15, 0.2) is 0 Å². The van der Waals surface area contributed by atoms with Gasteiger partial charge >= 0.3 is 0 Å². The van der Waals surface area contributed by atoms with Crippen LogP contribution in [0.3, 0.4) is 0 Å². The second kappa shape index (κ2) is 2.55. The summed E-state index contributed by atoms with van der Waals surface area (Å²) in [5.74, 6) is 0. The molecule has 2 heterocycles. The summed E-state index contributed by atoms with van der Waals surface area (Å²) in [7, 11) is 1.50. The second-order valence-corrected chi connectivity index (χ2v) is 2.73.